The molecule has 0 saturated heterocycles. The molecule has 0 unspecified atom stereocenters. The average Bonchev–Trinajstić information content (AvgIpc) is 2.60. The van der Waals surface area contributed by atoms with Crippen LogP contribution in [0.3, 0.4) is 0 Å². The molecule has 0 radical (unpaired) electrons. The van der Waals surface area contributed by atoms with Crippen molar-refractivity contribution >= 4 is 45.0 Å². The van der Waals surface area contributed by atoms with E-state index in [4.69, 9.17) is 9.47 Å². The molecule has 2 aromatic carbocycles. The number of nitrogens with zero attached hydrogens (tertiary/aromatic N) is 1. The summed E-state index contributed by atoms with van der Waals surface area (Å²) in [6.07, 6.45) is 3.74. The first-order chi connectivity index (χ1) is 12.1. The second kappa shape index (κ2) is 7.49. The number of esters is 1. The highest BCUT2D eigenvalue weighted by molar-refractivity contribution is 9.10. The van der Waals surface area contributed by atoms with E-state index >= 15 is 0 Å². The minimum Gasteiger partial charge on any atom is -0.494 e. The summed E-state index contributed by atoms with van der Waals surface area (Å²) in [5, 5.41) is 1.01. The van der Waals surface area contributed by atoms with Gasteiger partial charge in [0.05, 0.1) is 12.8 Å². The van der Waals surface area contributed by atoms with Crippen molar-refractivity contribution in [2.45, 2.75) is 6.92 Å². The molecule has 3 aromatic rings. The van der Waals surface area contributed by atoms with Crippen molar-refractivity contribution in [1.29, 1.82) is 0 Å². The Hall–Kier alpha value is -2.66. The molecule has 1 heterocycles. The fourth-order valence-electron chi connectivity index (χ4n) is 2.47. The summed E-state index contributed by atoms with van der Waals surface area (Å²) in [5.41, 5.74) is 2.37. The second-order valence-electron chi connectivity index (χ2n) is 5.38. The minimum absolute atomic E-state index is 0.356. The minimum atomic E-state index is -0.356. The van der Waals surface area contributed by atoms with Gasteiger partial charge in [0.15, 0.2) is 0 Å². The number of para-hydroxylation sites is 1. The van der Waals surface area contributed by atoms with Gasteiger partial charge in [-0.25, -0.2) is 4.98 Å². The van der Waals surface area contributed by atoms with E-state index in [0.717, 1.165) is 32.4 Å². The number of hydrogen-bond acceptors (Lipinski definition) is 4. The van der Waals surface area contributed by atoms with Crippen LogP contribution in [0.2, 0.25) is 0 Å². The molecular formula is C20H16BrNO3. The molecule has 0 bridgehead atoms. The Balaban J connectivity index is 1.98. The summed E-state index contributed by atoms with van der Waals surface area (Å²) >= 11 is 3.43. The van der Waals surface area contributed by atoms with E-state index in [1.807, 2.05) is 54.6 Å². The van der Waals surface area contributed by atoms with Gasteiger partial charge in [-0.15, -0.1) is 0 Å². The topological polar surface area (TPSA) is 48.4 Å². The van der Waals surface area contributed by atoms with Crippen LogP contribution in [0.5, 0.6) is 11.5 Å². The smallest absolute Gasteiger partial charge is 0.308 e. The Labute approximate surface area is 154 Å². The van der Waals surface area contributed by atoms with Gasteiger partial charge in [-0.05, 0) is 42.5 Å². The van der Waals surface area contributed by atoms with Gasteiger partial charge in [0.25, 0.3) is 0 Å². The van der Waals surface area contributed by atoms with E-state index in [2.05, 4.69) is 20.9 Å². The number of ether oxygens (including phenoxy) is 2. The van der Waals surface area contributed by atoms with Gasteiger partial charge in [0.2, 0.25) is 0 Å². The lowest BCUT2D eigenvalue weighted by molar-refractivity contribution is -0.131. The Kier molecular flexibility index (Phi) is 5.14. The standard InChI is InChI=1S/C20H16BrNO3/c1-13(23)25-18-11-8-16(21)12-15(18)7-10-17-9-6-14-4-3-5-19(24-2)20(14)22-17/h3-12H,1-2H3. The Bertz CT molecular complexity index is 966. The second-order valence-corrected chi connectivity index (χ2v) is 6.29. The van der Waals surface area contributed by atoms with Gasteiger partial charge < -0.3 is 9.47 Å². The number of carbonyl (C=O) groups is 1. The van der Waals surface area contributed by atoms with Crippen LogP contribution in [0.1, 0.15) is 18.2 Å². The third kappa shape index (κ3) is 4.06. The van der Waals surface area contributed by atoms with Crippen molar-refractivity contribution in [3.63, 3.8) is 0 Å². The lowest BCUT2D eigenvalue weighted by Crippen LogP contribution is -2.02. The molecule has 0 spiro atoms. The molecule has 1 aromatic heterocycles. The summed E-state index contributed by atoms with van der Waals surface area (Å²) < 4.78 is 11.5. The molecule has 25 heavy (non-hydrogen) atoms. The normalized spacial score (nSPS) is 11.0. The van der Waals surface area contributed by atoms with Crippen molar-refractivity contribution in [3.8, 4) is 11.5 Å². The summed E-state index contributed by atoms with van der Waals surface area (Å²) in [6, 6.07) is 15.2. The van der Waals surface area contributed by atoms with Crippen molar-refractivity contribution in [2.75, 3.05) is 7.11 Å². The SMILES string of the molecule is COc1cccc2ccc(C=Cc3cc(Br)ccc3OC(C)=O)nc12. The van der Waals surface area contributed by atoms with Gasteiger partial charge in [-0.3, -0.25) is 4.79 Å². The van der Waals surface area contributed by atoms with Crippen molar-refractivity contribution in [3.05, 3.63) is 64.3 Å². The van der Waals surface area contributed by atoms with Crippen LogP contribution >= 0.6 is 15.9 Å². The fraction of sp³-hybridized carbons (Fsp3) is 0.100. The zero-order chi connectivity index (χ0) is 17.8. The monoisotopic (exact) mass is 397 g/mol. The van der Waals surface area contributed by atoms with Gasteiger partial charge in [-0.1, -0.05) is 34.1 Å². The maximum Gasteiger partial charge on any atom is 0.308 e. The summed E-state index contributed by atoms with van der Waals surface area (Å²) in [5.74, 6) is 0.881. The highest BCUT2D eigenvalue weighted by Gasteiger charge is 2.06. The highest BCUT2D eigenvalue weighted by atomic mass is 79.9. The molecule has 4 nitrogen and oxygen atoms in total. The number of rotatable bonds is 4. The Morgan fingerprint density at radius 2 is 1.92 bits per heavy atom. The van der Waals surface area contributed by atoms with Crippen LogP contribution in [0, 0.1) is 0 Å². The molecule has 5 heteroatoms. The van der Waals surface area contributed by atoms with E-state index in [1.54, 1.807) is 13.2 Å². The van der Waals surface area contributed by atoms with Crippen LogP contribution in [0.15, 0.2) is 53.0 Å². The van der Waals surface area contributed by atoms with Crippen LogP contribution in [0.25, 0.3) is 23.1 Å². The molecule has 126 valence electrons. The number of fused-ring (bicyclic) bond motifs is 1. The van der Waals surface area contributed by atoms with Gasteiger partial charge in [0.1, 0.15) is 17.0 Å². The molecule has 0 fully saturated rings. The van der Waals surface area contributed by atoms with Crippen molar-refractivity contribution in [1.82, 2.24) is 4.98 Å². The zero-order valence-corrected chi connectivity index (χ0v) is 15.4. The lowest BCUT2D eigenvalue weighted by Gasteiger charge is -2.07. The van der Waals surface area contributed by atoms with Crippen molar-refractivity contribution in [2.24, 2.45) is 0 Å². The van der Waals surface area contributed by atoms with Crippen molar-refractivity contribution < 1.29 is 14.3 Å². The van der Waals surface area contributed by atoms with Crippen LogP contribution in [0.4, 0.5) is 0 Å². The summed E-state index contributed by atoms with van der Waals surface area (Å²) in [7, 11) is 1.63. The number of pyridine rings is 1. The van der Waals surface area contributed by atoms with E-state index in [1.165, 1.54) is 6.92 Å². The first-order valence-electron chi connectivity index (χ1n) is 7.66. The molecule has 0 aliphatic rings. The molecule has 3 rings (SSSR count). The fourth-order valence-corrected chi connectivity index (χ4v) is 2.84. The molecule has 0 aliphatic heterocycles. The van der Waals surface area contributed by atoms with Crippen LogP contribution < -0.4 is 9.47 Å². The predicted molar refractivity (Wildman–Crippen MR) is 103 cm³/mol. The van der Waals surface area contributed by atoms with Crippen LogP contribution in [-0.4, -0.2) is 18.1 Å². The molecule has 0 amide bonds. The van der Waals surface area contributed by atoms with E-state index in [0.29, 0.717) is 5.75 Å². The molecule has 0 saturated carbocycles. The predicted octanol–water partition coefficient (Wildman–Crippen LogP) is 5.10. The largest absolute Gasteiger partial charge is 0.494 e. The van der Waals surface area contributed by atoms with E-state index < -0.39 is 0 Å². The molecule has 0 aliphatic carbocycles. The van der Waals surface area contributed by atoms with Gasteiger partial charge in [-0.2, -0.15) is 0 Å². The maximum absolute atomic E-state index is 11.3. The Morgan fingerprint density at radius 1 is 1.08 bits per heavy atom. The number of methoxy groups -OCH3 is 1. The van der Waals surface area contributed by atoms with Gasteiger partial charge in [0, 0.05) is 22.3 Å². The Morgan fingerprint density at radius 3 is 2.68 bits per heavy atom. The first-order valence-corrected chi connectivity index (χ1v) is 8.46. The number of hydrogen-bond donors (Lipinski definition) is 0. The summed E-state index contributed by atoms with van der Waals surface area (Å²) in [4.78, 5) is 15.9. The van der Waals surface area contributed by atoms with E-state index in [9.17, 15) is 4.79 Å². The zero-order valence-electron chi connectivity index (χ0n) is 13.8. The highest BCUT2D eigenvalue weighted by Crippen LogP contribution is 2.27. The lowest BCUT2D eigenvalue weighted by atomic mass is 10.1. The first kappa shape index (κ1) is 17.2. The number of aromatic nitrogens is 1. The van der Waals surface area contributed by atoms with E-state index in [-0.39, 0.29) is 5.97 Å². The third-order valence-electron chi connectivity index (χ3n) is 3.58. The number of carbonyl (C=O) groups excluding carboxylic acids is 1. The average molecular weight is 398 g/mol. The summed E-state index contributed by atoms with van der Waals surface area (Å²) in [6.45, 7) is 1.38. The van der Waals surface area contributed by atoms with Crippen LogP contribution in [-0.2, 0) is 4.79 Å². The third-order valence-corrected chi connectivity index (χ3v) is 4.08. The maximum atomic E-state index is 11.3. The molecular weight excluding hydrogens is 382 g/mol. The van der Waals surface area contributed by atoms with Gasteiger partial charge >= 0.3 is 5.97 Å². The quantitative estimate of drug-likeness (QED) is 0.453. The molecule has 0 N–H and O–H groups in total. The number of benzene rings is 2. The molecule has 0 atom stereocenters. The number of halogens is 1.